The molecule has 1 atom stereocenters. The summed E-state index contributed by atoms with van der Waals surface area (Å²) in [7, 11) is 0. The van der Waals surface area contributed by atoms with Crippen molar-refractivity contribution in [3.05, 3.63) is 53.0 Å². The van der Waals surface area contributed by atoms with Gasteiger partial charge in [-0.1, -0.05) is 6.92 Å². The fraction of sp³-hybridized carbons (Fsp3) is 0.333. The monoisotopic (exact) mass is 256 g/mol. The highest BCUT2D eigenvalue weighted by Crippen LogP contribution is 2.29. The maximum Gasteiger partial charge on any atom is 0.128 e. The molecular weight excluding hydrogens is 236 g/mol. The van der Waals surface area contributed by atoms with Crippen molar-refractivity contribution in [3.8, 4) is 0 Å². The lowest BCUT2D eigenvalue weighted by Gasteiger charge is -2.23. The first-order valence-electron chi connectivity index (χ1n) is 6.50. The second kappa shape index (κ2) is 5.80. The van der Waals surface area contributed by atoms with Gasteiger partial charge < -0.3 is 11.1 Å². The van der Waals surface area contributed by atoms with Crippen LogP contribution in [0.5, 0.6) is 0 Å². The molecule has 0 aliphatic carbocycles. The standard InChI is InChI=1S/C15H20N4/c1-4-18-14(12-6-7-17-9-11(12)3)13-10(2)5-8-19-15(13)16/h5-9,14,18H,4H2,1-3H3,(H2,16,19). The van der Waals surface area contributed by atoms with Gasteiger partial charge >= 0.3 is 0 Å². The van der Waals surface area contributed by atoms with Gasteiger partial charge in [0.25, 0.3) is 0 Å². The van der Waals surface area contributed by atoms with Crippen LogP contribution < -0.4 is 11.1 Å². The van der Waals surface area contributed by atoms with E-state index in [-0.39, 0.29) is 6.04 Å². The Labute approximate surface area is 114 Å². The van der Waals surface area contributed by atoms with Gasteiger partial charge in [0.05, 0.1) is 6.04 Å². The molecule has 2 aromatic heterocycles. The number of hydrogen-bond donors (Lipinski definition) is 2. The van der Waals surface area contributed by atoms with Crippen LogP contribution in [0.4, 0.5) is 5.82 Å². The average Bonchev–Trinajstić information content (AvgIpc) is 2.38. The SMILES string of the molecule is CCNC(c1ccncc1C)c1c(C)ccnc1N. The van der Waals surface area contributed by atoms with Crippen LogP contribution >= 0.6 is 0 Å². The lowest BCUT2D eigenvalue weighted by atomic mass is 9.93. The molecule has 100 valence electrons. The minimum absolute atomic E-state index is 0.0571. The van der Waals surface area contributed by atoms with E-state index in [4.69, 9.17) is 5.73 Å². The number of hydrogen-bond acceptors (Lipinski definition) is 4. The number of aryl methyl sites for hydroxylation is 2. The highest BCUT2D eigenvalue weighted by molar-refractivity contribution is 5.50. The third kappa shape index (κ3) is 2.74. The average molecular weight is 256 g/mol. The molecule has 2 heterocycles. The number of nitrogens with two attached hydrogens (primary N) is 1. The Kier molecular flexibility index (Phi) is 4.12. The molecule has 0 amide bonds. The van der Waals surface area contributed by atoms with Gasteiger partial charge in [-0.15, -0.1) is 0 Å². The van der Waals surface area contributed by atoms with E-state index in [0.717, 1.165) is 23.2 Å². The normalized spacial score (nSPS) is 12.4. The molecule has 0 radical (unpaired) electrons. The lowest BCUT2D eigenvalue weighted by Crippen LogP contribution is -2.25. The maximum absolute atomic E-state index is 6.07. The summed E-state index contributed by atoms with van der Waals surface area (Å²) in [6.07, 6.45) is 5.44. The Morgan fingerprint density at radius 1 is 1.21 bits per heavy atom. The molecule has 0 aromatic carbocycles. The topological polar surface area (TPSA) is 63.8 Å². The van der Waals surface area contributed by atoms with Crippen LogP contribution in [0.25, 0.3) is 0 Å². The third-order valence-corrected chi connectivity index (χ3v) is 3.31. The molecular formula is C15H20N4. The van der Waals surface area contributed by atoms with Crippen molar-refractivity contribution < 1.29 is 0 Å². The second-order valence-corrected chi connectivity index (χ2v) is 4.65. The van der Waals surface area contributed by atoms with Crippen LogP contribution in [0, 0.1) is 13.8 Å². The van der Waals surface area contributed by atoms with E-state index >= 15 is 0 Å². The lowest BCUT2D eigenvalue weighted by molar-refractivity contribution is 0.624. The molecule has 2 rings (SSSR count). The number of rotatable bonds is 4. The highest BCUT2D eigenvalue weighted by Gasteiger charge is 2.20. The summed E-state index contributed by atoms with van der Waals surface area (Å²) < 4.78 is 0. The van der Waals surface area contributed by atoms with Crippen molar-refractivity contribution >= 4 is 5.82 Å². The number of nitrogens with one attached hydrogen (secondary N) is 1. The van der Waals surface area contributed by atoms with Gasteiger partial charge in [0.1, 0.15) is 5.82 Å². The number of anilines is 1. The van der Waals surface area contributed by atoms with Crippen LogP contribution in [0.2, 0.25) is 0 Å². The first-order chi connectivity index (χ1) is 9.15. The Hall–Kier alpha value is -1.94. The molecule has 4 heteroatoms. The van der Waals surface area contributed by atoms with Crippen molar-refractivity contribution in [2.45, 2.75) is 26.8 Å². The fourth-order valence-electron chi connectivity index (χ4n) is 2.35. The zero-order valence-corrected chi connectivity index (χ0v) is 11.6. The third-order valence-electron chi connectivity index (χ3n) is 3.31. The first-order valence-corrected chi connectivity index (χ1v) is 6.50. The van der Waals surface area contributed by atoms with E-state index in [1.165, 1.54) is 5.56 Å². The van der Waals surface area contributed by atoms with Crippen molar-refractivity contribution in [2.24, 2.45) is 0 Å². The number of nitrogens with zero attached hydrogens (tertiary/aromatic N) is 2. The molecule has 0 aliphatic heterocycles. The second-order valence-electron chi connectivity index (χ2n) is 4.65. The summed E-state index contributed by atoms with van der Waals surface area (Å²) in [4.78, 5) is 8.37. The van der Waals surface area contributed by atoms with Gasteiger partial charge in [0.2, 0.25) is 0 Å². The number of aromatic nitrogens is 2. The smallest absolute Gasteiger partial charge is 0.128 e. The van der Waals surface area contributed by atoms with Gasteiger partial charge in [-0.05, 0) is 49.2 Å². The van der Waals surface area contributed by atoms with E-state index in [2.05, 4.69) is 36.1 Å². The van der Waals surface area contributed by atoms with Gasteiger partial charge in [-0.3, -0.25) is 4.98 Å². The molecule has 3 N–H and O–H groups in total. The van der Waals surface area contributed by atoms with Crippen LogP contribution in [-0.2, 0) is 0 Å². The van der Waals surface area contributed by atoms with Crippen LogP contribution in [0.1, 0.15) is 35.2 Å². The highest BCUT2D eigenvalue weighted by atomic mass is 14.9. The Bertz CT molecular complexity index is 546. The molecule has 0 saturated heterocycles. The number of nitrogen functional groups attached to an aromatic ring is 1. The van der Waals surface area contributed by atoms with Crippen LogP contribution in [0.3, 0.4) is 0 Å². The predicted molar refractivity (Wildman–Crippen MR) is 77.9 cm³/mol. The Morgan fingerprint density at radius 3 is 2.63 bits per heavy atom. The minimum atomic E-state index is 0.0571. The van der Waals surface area contributed by atoms with E-state index in [9.17, 15) is 0 Å². The van der Waals surface area contributed by atoms with Crippen molar-refractivity contribution in [1.82, 2.24) is 15.3 Å². The fourth-order valence-corrected chi connectivity index (χ4v) is 2.35. The van der Waals surface area contributed by atoms with E-state index in [1.807, 2.05) is 24.5 Å². The zero-order valence-electron chi connectivity index (χ0n) is 11.6. The maximum atomic E-state index is 6.07. The van der Waals surface area contributed by atoms with E-state index in [1.54, 1.807) is 6.20 Å². The molecule has 0 bridgehead atoms. The summed E-state index contributed by atoms with van der Waals surface area (Å²) in [5, 5.41) is 3.49. The van der Waals surface area contributed by atoms with Crippen molar-refractivity contribution in [1.29, 1.82) is 0 Å². The van der Waals surface area contributed by atoms with E-state index in [0.29, 0.717) is 5.82 Å². The molecule has 2 aromatic rings. The Morgan fingerprint density at radius 2 is 2.00 bits per heavy atom. The van der Waals surface area contributed by atoms with Crippen molar-refractivity contribution in [2.75, 3.05) is 12.3 Å². The van der Waals surface area contributed by atoms with Gasteiger partial charge in [0, 0.05) is 24.2 Å². The molecule has 1 unspecified atom stereocenters. The largest absolute Gasteiger partial charge is 0.383 e. The number of pyridine rings is 2. The molecule has 0 spiro atoms. The quantitative estimate of drug-likeness (QED) is 0.881. The van der Waals surface area contributed by atoms with Gasteiger partial charge in [0.15, 0.2) is 0 Å². The predicted octanol–water partition coefficient (Wildman–Crippen LogP) is 2.37. The van der Waals surface area contributed by atoms with Gasteiger partial charge in [-0.2, -0.15) is 0 Å². The molecule has 19 heavy (non-hydrogen) atoms. The van der Waals surface area contributed by atoms with Gasteiger partial charge in [-0.25, -0.2) is 4.98 Å². The van der Waals surface area contributed by atoms with Crippen LogP contribution in [0.15, 0.2) is 30.7 Å². The summed E-state index contributed by atoms with van der Waals surface area (Å²) in [5.41, 5.74) is 10.6. The first kappa shape index (κ1) is 13.5. The summed E-state index contributed by atoms with van der Waals surface area (Å²) in [6, 6.07) is 4.09. The summed E-state index contributed by atoms with van der Waals surface area (Å²) >= 11 is 0. The van der Waals surface area contributed by atoms with Crippen molar-refractivity contribution in [3.63, 3.8) is 0 Å². The molecule has 0 aliphatic rings. The summed E-state index contributed by atoms with van der Waals surface area (Å²) in [5.74, 6) is 0.585. The molecule has 0 saturated carbocycles. The molecule has 4 nitrogen and oxygen atoms in total. The zero-order chi connectivity index (χ0) is 13.8. The molecule has 0 fully saturated rings. The van der Waals surface area contributed by atoms with E-state index < -0.39 is 0 Å². The van der Waals surface area contributed by atoms with Crippen LogP contribution in [-0.4, -0.2) is 16.5 Å². The summed E-state index contributed by atoms with van der Waals surface area (Å²) in [6.45, 7) is 7.08. The minimum Gasteiger partial charge on any atom is -0.383 e. The Balaban J connectivity index is 2.55.